The fraction of sp³-hybridized carbons (Fsp3) is 0.333. The van der Waals surface area contributed by atoms with E-state index in [2.05, 4.69) is 0 Å². The van der Waals surface area contributed by atoms with Crippen molar-refractivity contribution in [1.29, 1.82) is 0 Å². The zero-order valence-corrected chi connectivity index (χ0v) is 9.57. The van der Waals surface area contributed by atoms with E-state index in [0.717, 1.165) is 6.42 Å². The summed E-state index contributed by atoms with van der Waals surface area (Å²) in [6, 6.07) is 5.41. The topological polar surface area (TPSA) is 35.2 Å². The highest BCUT2D eigenvalue weighted by atomic mass is 35.5. The molecule has 0 spiro atoms. The number of benzene rings is 1. The van der Waals surface area contributed by atoms with Crippen LogP contribution in [0.1, 0.15) is 6.42 Å². The number of hydrogen-bond donors (Lipinski definition) is 1. The molecule has 2 atom stereocenters. The first-order valence-electron chi connectivity index (χ1n) is 4.04. The maximum Gasteiger partial charge on any atom is 0.156 e. The molecule has 0 saturated heterocycles. The van der Waals surface area contributed by atoms with Gasteiger partial charge in [-0.1, -0.05) is 29.3 Å². The van der Waals surface area contributed by atoms with Crippen molar-refractivity contribution in [3.8, 4) is 5.75 Å². The molecule has 1 saturated carbocycles. The first-order valence-corrected chi connectivity index (χ1v) is 4.80. The fourth-order valence-corrected chi connectivity index (χ4v) is 1.56. The van der Waals surface area contributed by atoms with Crippen LogP contribution >= 0.6 is 35.6 Å². The summed E-state index contributed by atoms with van der Waals surface area (Å²) in [6.45, 7) is 0. The van der Waals surface area contributed by atoms with Gasteiger partial charge in [-0.05, 0) is 12.1 Å². The van der Waals surface area contributed by atoms with Crippen LogP contribution in [-0.2, 0) is 0 Å². The summed E-state index contributed by atoms with van der Waals surface area (Å²) >= 11 is 11.8. The standard InChI is InChI=1S/C9H9Cl2NO.ClH/c10-5-2-1-3-6(11)9(5)13-8-4-7(8)12;/h1-3,7-8H,4,12H2;1H. The van der Waals surface area contributed by atoms with Crippen LogP contribution in [0.5, 0.6) is 5.75 Å². The molecule has 0 aromatic heterocycles. The molecule has 0 aliphatic heterocycles. The van der Waals surface area contributed by atoms with Crippen molar-refractivity contribution in [1.82, 2.24) is 0 Å². The molecule has 2 unspecified atom stereocenters. The number of nitrogens with two attached hydrogens (primary N) is 1. The minimum Gasteiger partial charge on any atom is -0.486 e. The summed E-state index contributed by atoms with van der Waals surface area (Å²) in [7, 11) is 0. The molecule has 0 radical (unpaired) electrons. The lowest BCUT2D eigenvalue weighted by Gasteiger charge is -2.08. The minimum atomic E-state index is 0. The molecule has 14 heavy (non-hydrogen) atoms. The van der Waals surface area contributed by atoms with E-state index in [4.69, 9.17) is 33.7 Å². The van der Waals surface area contributed by atoms with Gasteiger partial charge in [0.25, 0.3) is 0 Å². The van der Waals surface area contributed by atoms with Crippen molar-refractivity contribution in [2.24, 2.45) is 5.73 Å². The summed E-state index contributed by atoms with van der Waals surface area (Å²) in [4.78, 5) is 0. The van der Waals surface area contributed by atoms with Gasteiger partial charge in [-0.15, -0.1) is 12.4 Å². The summed E-state index contributed by atoms with van der Waals surface area (Å²) in [6.07, 6.45) is 0.957. The molecule has 0 heterocycles. The van der Waals surface area contributed by atoms with Crippen molar-refractivity contribution in [3.63, 3.8) is 0 Å². The van der Waals surface area contributed by atoms with Gasteiger partial charge >= 0.3 is 0 Å². The van der Waals surface area contributed by atoms with Crippen molar-refractivity contribution in [3.05, 3.63) is 28.2 Å². The van der Waals surface area contributed by atoms with Gasteiger partial charge in [-0.2, -0.15) is 0 Å². The Morgan fingerprint density at radius 2 is 1.79 bits per heavy atom. The lowest BCUT2D eigenvalue weighted by atomic mass is 10.3. The number of rotatable bonds is 2. The summed E-state index contributed by atoms with van der Waals surface area (Å²) in [5, 5.41) is 1.07. The molecular formula is C9H10Cl3NO. The average molecular weight is 255 g/mol. The second kappa shape index (κ2) is 4.58. The van der Waals surface area contributed by atoms with Crippen molar-refractivity contribution >= 4 is 35.6 Å². The van der Waals surface area contributed by atoms with E-state index in [1.807, 2.05) is 0 Å². The van der Waals surface area contributed by atoms with Gasteiger partial charge in [0.15, 0.2) is 5.75 Å². The van der Waals surface area contributed by atoms with Crippen LogP contribution in [0.4, 0.5) is 0 Å². The van der Waals surface area contributed by atoms with Crippen LogP contribution in [0.15, 0.2) is 18.2 Å². The molecule has 0 amide bonds. The van der Waals surface area contributed by atoms with Gasteiger partial charge in [0, 0.05) is 12.5 Å². The zero-order chi connectivity index (χ0) is 9.42. The van der Waals surface area contributed by atoms with E-state index in [0.29, 0.717) is 15.8 Å². The molecule has 5 heteroatoms. The average Bonchev–Trinajstić information content (AvgIpc) is 2.75. The van der Waals surface area contributed by atoms with E-state index < -0.39 is 0 Å². The Kier molecular flexibility index (Phi) is 3.90. The first kappa shape index (κ1) is 11.9. The molecule has 1 fully saturated rings. The Balaban J connectivity index is 0.000000980. The highest BCUT2D eigenvalue weighted by Crippen LogP contribution is 2.36. The number of halogens is 3. The van der Waals surface area contributed by atoms with Crippen LogP contribution in [-0.4, -0.2) is 12.1 Å². The van der Waals surface area contributed by atoms with Gasteiger partial charge in [-0.3, -0.25) is 0 Å². The third-order valence-corrected chi connectivity index (χ3v) is 2.56. The second-order valence-electron chi connectivity index (χ2n) is 3.11. The monoisotopic (exact) mass is 253 g/mol. The molecule has 2 N–H and O–H groups in total. The molecule has 2 nitrogen and oxygen atoms in total. The number of ether oxygens (including phenoxy) is 1. The Morgan fingerprint density at radius 3 is 2.21 bits per heavy atom. The first-order chi connectivity index (χ1) is 6.18. The third-order valence-electron chi connectivity index (χ3n) is 1.97. The van der Waals surface area contributed by atoms with Crippen LogP contribution in [0.2, 0.25) is 10.0 Å². The summed E-state index contributed by atoms with van der Waals surface area (Å²) < 4.78 is 5.51. The Labute approximate surface area is 98.7 Å². The van der Waals surface area contributed by atoms with Crippen LogP contribution in [0.25, 0.3) is 0 Å². The summed E-state index contributed by atoms with van der Waals surface area (Å²) in [5.41, 5.74) is 5.60. The number of para-hydroxylation sites is 1. The quantitative estimate of drug-likeness (QED) is 0.881. The van der Waals surface area contributed by atoms with Gasteiger partial charge in [-0.25, -0.2) is 0 Å². The van der Waals surface area contributed by atoms with Gasteiger partial charge < -0.3 is 10.5 Å². The molecule has 1 aliphatic rings. The highest BCUT2D eigenvalue weighted by Gasteiger charge is 2.36. The Hall–Kier alpha value is -0.150. The summed E-state index contributed by atoms with van der Waals surface area (Å²) in [5.74, 6) is 0.545. The van der Waals surface area contributed by atoms with Gasteiger partial charge in [0.05, 0.1) is 10.0 Å². The van der Waals surface area contributed by atoms with E-state index in [1.165, 1.54) is 0 Å². The molecule has 2 rings (SSSR count). The fourth-order valence-electron chi connectivity index (χ4n) is 1.07. The van der Waals surface area contributed by atoms with Gasteiger partial charge in [0.1, 0.15) is 6.10 Å². The highest BCUT2D eigenvalue weighted by molar-refractivity contribution is 6.37. The largest absolute Gasteiger partial charge is 0.486 e. The van der Waals surface area contributed by atoms with Crippen molar-refractivity contribution in [2.75, 3.05) is 0 Å². The van der Waals surface area contributed by atoms with Crippen LogP contribution < -0.4 is 10.5 Å². The zero-order valence-electron chi connectivity index (χ0n) is 7.24. The van der Waals surface area contributed by atoms with E-state index >= 15 is 0 Å². The third kappa shape index (κ3) is 2.45. The molecule has 1 aliphatic carbocycles. The van der Waals surface area contributed by atoms with Crippen LogP contribution in [0.3, 0.4) is 0 Å². The van der Waals surface area contributed by atoms with Crippen molar-refractivity contribution in [2.45, 2.75) is 18.6 Å². The Morgan fingerprint density at radius 1 is 1.29 bits per heavy atom. The predicted octanol–water partition coefficient (Wildman–Crippen LogP) is 2.89. The van der Waals surface area contributed by atoms with Gasteiger partial charge in [0.2, 0.25) is 0 Å². The lowest BCUT2D eigenvalue weighted by Crippen LogP contribution is -2.11. The molecule has 78 valence electrons. The Bertz CT molecular complexity index is 312. The van der Waals surface area contributed by atoms with E-state index in [-0.39, 0.29) is 24.6 Å². The molecule has 1 aromatic carbocycles. The maximum absolute atomic E-state index is 5.90. The smallest absolute Gasteiger partial charge is 0.156 e. The van der Waals surface area contributed by atoms with Crippen molar-refractivity contribution < 1.29 is 4.74 Å². The minimum absolute atomic E-state index is 0. The predicted molar refractivity (Wildman–Crippen MR) is 60.7 cm³/mol. The number of hydrogen-bond acceptors (Lipinski definition) is 2. The van der Waals surface area contributed by atoms with E-state index in [1.54, 1.807) is 18.2 Å². The van der Waals surface area contributed by atoms with Crippen LogP contribution in [0, 0.1) is 0 Å². The molecule has 1 aromatic rings. The van der Waals surface area contributed by atoms with E-state index in [9.17, 15) is 0 Å². The second-order valence-corrected chi connectivity index (χ2v) is 3.92. The maximum atomic E-state index is 5.90. The lowest BCUT2D eigenvalue weighted by molar-refractivity contribution is 0.297. The molecule has 0 bridgehead atoms. The normalized spacial score (nSPS) is 23.9. The molecular weight excluding hydrogens is 244 g/mol. The SMILES string of the molecule is Cl.NC1CC1Oc1c(Cl)cccc1Cl.